The summed E-state index contributed by atoms with van der Waals surface area (Å²) in [6.45, 7) is 2.37. The second-order valence-corrected chi connectivity index (χ2v) is 8.11. The maximum atomic E-state index is 13.4. The minimum absolute atomic E-state index is 0.0892. The summed E-state index contributed by atoms with van der Waals surface area (Å²) in [5, 5.41) is 0.536. The normalized spacial score (nSPS) is 11.6. The maximum Gasteiger partial charge on any atom is 0.416 e. The van der Waals surface area contributed by atoms with Gasteiger partial charge in [0.25, 0.3) is 0 Å². The Hall–Kier alpha value is -3.33. The number of benzene rings is 2. The maximum absolute atomic E-state index is 13.4. The quantitative estimate of drug-likeness (QED) is 0.246. The first-order chi connectivity index (χ1) is 15.9. The number of pyridine rings is 1. The van der Waals surface area contributed by atoms with E-state index in [-0.39, 0.29) is 17.9 Å². The van der Waals surface area contributed by atoms with Gasteiger partial charge in [0.2, 0.25) is 0 Å². The van der Waals surface area contributed by atoms with E-state index in [0.717, 1.165) is 17.3 Å². The third kappa shape index (κ3) is 5.19. The number of halogens is 3. The fourth-order valence-corrected chi connectivity index (χ4v) is 4.45. The van der Waals surface area contributed by atoms with E-state index in [0.29, 0.717) is 22.8 Å². The summed E-state index contributed by atoms with van der Waals surface area (Å²) >= 11 is 1.21. The molecule has 0 N–H and O–H groups in total. The Labute approximate surface area is 192 Å². The smallest absolute Gasteiger partial charge is 0.416 e. The number of ether oxygens (including phenoxy) is 1. The lowest BCUT2D eigenvalue weighted by Crippen LogP contribution is -2.08. The van der Waals surface area contributed by atoms with Crippen LogP contribution in [-0.2, 0) is 23.2 Å². The molecule has 0 unspecified atom stereocenters. The van der Waals surface area contributed by atoms with Gasteiger partial charge in [-0.05, 0) is 48.9 Å². The van der Waals surface area contributed by atoms with E-state index in [4.69, 9.17) is 4.74 Å². The Kier molecular flexibility index (Phi) is 6.69. The Morgan fingerprint density at radius 3 is 2.61 bits per heavy atom. The average Bonchev–Trinajstić information content (AvgIpc) is 3.14. The van der Waals surface area contributed by atoms with Crippen LogP contribution in [0.2, 0.25) is 0 Å². The van der Waals surface area contributed by atoms with Crippen molar-refractivity contribution in [1.82, 2.24) is 14.5 Å². The zero-order valence-corrected chi connectivity index (χ0v) is 18.5. The number of imidazole rings is 1. The highest BCUT2D eigenvalue weighted by Gasteiger charge is 2.33. The van der Waals surface area contributed by atoms with Crippen LogP contribution in [0.5, 0.6) is 0 Å². The van der Waals surface area contributed by atoms with Gasteiger partial charge in [0.15, 0.2) is 5.16 Å². The number of aromatic nitrogens is 3. The van der Waals surface area contributed by atoms with Gasteiger partial charge in [-0.2, -0.15) is 13.2 Å². The number of alkyl halides is 3. The predicted molar refractivity (Wildman–Crippen MR) is 120 cm³/mol. The fourth-order valence-electron chi connectivity index (χ4n) is 3.43. The zero-order chi connectivity index (χ0) is 23.4. The van der Waals surface area contributed by atoms with Gasteiger partial charge in [-0.25, -0.2) is 9.78 Å². The molecule has 0 amide bonds. The van der Waals surface area contributed by atoms with Gasteiger partial charge in [0.1, 0.15) is 0 Å². The molecule has 2 heterocycles. The van der Waals surface area contributed by atoms with Crippen LogP contribution in [0.25, 0.3) is 11.0 Å². The first-order valence-electron chi connectivity index (χ1n) is 10.2. The second kappa shape index (κ2) is 9.66. The second-order valence-electron chi connectivity index (χ2n) is 7.17. The summed E-state index contributed by atoms with van der Waals surface area (Å²) in [7, 11) is 0. The van der Waals surface area contributed by atoms with Crippen LogP contribution < -0.4 is 0 Å². The molecule has 0 aliphatic carbocycles. The molecular weight excluding hydrogens is 451 g/mol. The molecule has 5 nitrogen and oxygen atoms in total. The molecule has 0 atom stereocenters. The molecule has 33 heavy (non-hydrogen) atoms. The third-order valence-corrected chi connectivity index (χ3v) is 5.98. The highest BCUT2D eigenvalue weighted by molar-refractivity contribution is 7.98. The Morgan fingerprint density at radius 1 is 1.09 bits per heavy atom. The van der Waals surface area contributed by atoms with Crippen LogP contribution in [0.15, 0.2) is 72.0 Å². The van der Waals surface area contributed by atoms with E-state index in [1.165, 1.54) is 23.9 Å². The SMILES string of the molecule is CCOC(=O)c1ccc2c(c1)nc(SCc1ccccc1C(F)(F)F)n2Cc1ccccn1. The minimum Gasteiger partial charge on any atom is -0.462 e. The van der Waals surface area contributed by atoms with Crippen molar-refractivity contribution < 1.29 is 22.7 Å². The number of thioether (sulfide) groups is 1. The van der Waals surface area contributed by atoms with Crippen molar-refractivity contribution in [3.8, 4) is 0 Å². The van der Waals surface area contributed by atoms with Crippen molar-refractivity contribution in [1.29, 1.82) is 0 Å². The topological polar surface area (TPSA) is 57.0 Å². The summed E-state index contributed by atoms with van der Waals surface area (Å²) in [6, 6.07) is 16.1. The van der Waals surface area contributed by atoms with Gasteiger partial charge in [-0.15, -0.1) is 0 Å². The van der Waals surface area contributed by atoms with Crippen molar-refractivity contribution in [2.75, 3.05) is 6.61 Å². The highest BCUT2D eigenvalue weighted by Crippen LogP contribution is 2.35. The molecule has 0 fully saturated rings. The number of hydrogen-bond donors (Lipinski definition) is 0. The van der Waals surface area contributed by atoms with Crippen LogP contribution >= 0.6 is 11.8 Å². The van der Waals surface area contributed by atoms with Crippen molar-refractivity contribution >= 4 is 28.8 Å². The van der Waals surface area contributed by atoms with E-state index in [1.54, 1.807) is 37.4 Å². The molecule has 0 saturated carbocycles. The number of carbonyl (C=O) groups excluding carboxylic acids is 1. The molecule has 0 bridgehead atoms. The Bertz CT molecular complexity index is 1270. The molecule has 2 aromatic heterocycles. The fraction of sp³-hybridized carbons (Fsp3) is 0.208. The Morgan fingerprint density at radius 2 is 1.88 bits per heavy atom. The number of rotatable bonds is 7. The van der Waals surface area contributed by atoms with E-state index < -0.39 is 17.7 Å². The van der Waals surface area contributed by atoms with Crippen LogP contribution in [-0.4, -0.2) is 27.1 Å². The lowest BCUT2D eigenvalue weighted by atomic mass is 10.1. The summed E-state index contributed by atoms with van der Waals surface area (Å²) < 4.78 is 47.2. The van der Waals surface area contributed by atoms with Gasteiger partial charge in [-0.1, -0.05) is 36.0 Å². The third-order valence-electron chi connectivity index (χ3n) is 4.95. The first kappa shape index (κ1) is 22.8. The molecule has 0 spiro atoms. The van der Waals surface area contributed by atoms with Gasteiger partial charge >= 0.3 is 12.1 Å². The number of fused-ring (bicyclic) bond motifs is 1. The zero-order valence-electron chi connectivity index (χ0n) is 17.7. The minimum atomic E-state index is -4.43. The standard InChI is InChI=1S/C24H20F3N3O2S/c1-2-32-22(31)16-10-11-21-20(13-16)29-23(30(21)14-18-8-5-6-12-28-18)33-15-17-7-3-4-9-19(17)24(25,26)27/h3-13H,2,14-15H2,1H3. The molecule has 0 saturated heterocycles. The van der Waals surface area contributed by atoms with Crippen molar-refractivity contribution in [2.24, 2.45) is 0 Å². The number of carbonyl (C=O) groups is 1. The summed E-state index contributed by atoms with van der Waals surface area (Å²) in [6.07, 6.45) is -2.75. The molecule has 0 aliphatic heterocycles. The molecule has 4 aromatic rings. The molecule has 0 aliphatic rings. The lowest BCUT2D eigenvalue weighted by molar-refractivity contribution is -0.138. The van der Waals surface area contributed by atoms with Gasteiger partial charge < -0.3 is 9.30 Å². The number of hydrogen-bond acceptors (Lipinski definition) is 5. The largest absolute Gasteiger partial charge is 0.462 e. The first-order valence-corrected chi connectivity index (χ1v) is 11.2. The van der Waals surface area contributed by atoms with Crippen LogP contribution in [0.4, 0.5) is 13.2 Å². The van der Waals surface area contributed by atoms with Gasteiger partial charge in [0.05, 0.1) is 41.0 Å². The van der Waals surface area contributed by atoms with E-state index in [1.807, 2.05) is 22.8 Å². The van der Waals surface area contributed by atoms with E-state index >= 15 is 0 Å². The van der Waals surface area contributed by atoms with E-state index in [9.17, 15) is 18.0 Å². The van der Waals surface area contributed by atoms with Crippen LogP contribution in [0.1, 0.15) is 34.1 Å². The molecule has 0 radical (unpaired) electrons. The van der Waals surface area contributed by atoms with E-state index in [2.05, 4.69) is 9.97 Å². The molecule has 9 heteroatoms. The van der Waals surface area contributed by atoms with Gasteiger partial charge in [0, 0.05) is 11.9 Å². The monoisotopic (exact) mass is 471 g/mol. The van der Waals surface area contributed by atoms with Crippen LogP contribution in [0, 0.1) is 0 Å². The number of nitrogens with zero attached hydrogens (tertiary/aromatic N) is 3. The summed E-state index contributed by atoms with van der Waals surface area (Å²) in [5.74, 6) is -0.363. The summed E-state index contributed by atoms with van der Waals surface area (Å²) in [5.41, 5.74) is 1.98. The molecule has 2 aromatic carbocycles. The Balaban J connectivity index is 1.71. The average molecular weight is 472 g/mol. The highest BCUT2D eigenvalue weighted by atomic mass is 32.2. The lowest BCUT2D eigenvalue weighted by Gasteiger charge is -2.13. The van der Waals surface area contributed by atoms with Gasteiger partial charge in [-0.3, -0.25) is 4.98 Å². The predicted octanol–water partition coefficient (Wildman–Crippen LogP) is 5.97. The van der Waals surface area contributed by atoms with Crippen molar-refractivity contribution in [2.45, 2.75) is 30.6 Å². The van der Waals surface area contributed by atoms with Crippen LogP contribution in [0.3, 0.4) is 0 Å². The molecular formula is C24H20F3N3O2S. The van der Waals surface area contributed by atoms with Crippen molar-refractivity contribution in [3.05, 3.63) is 89.2 Å². The van der Waals surface area contributed by atoms with Crippen molar-refractivity contribution in [3.63, 3.8) is 0 Å². The molecule has 170 valence electrons. The molecule has 4 rings (SSSR count). The summed E-state index contributed by atoms with van der Waals surface area (Å²) in [4.78, 5) is 21.1. The number of esters is 1.